The van der Waals surface area contributed by atoms with Gasteiger partial charge >= 0.3 is 6.36 Å². The van der Waals surface area contributed by atoms with Crippen LogP contribution >= 0.6 is 0 Å². The fraction of sp³-hybridized carbons (Fsp3) is 0.125. The summed E-state index contributed by atoms with van der Waals surface area (Å²) in [6, 6.07) is 7.10. The van der Waals surface area contributed by atoms with Crippen molar-refractivity contribution in [3.63, 3.8) is 0 Å². The summed E-state index contributed by atoms with van der Waals surface area (Å²) in [4.78, 5) is 2.84. The van der Waals surface area contributed by atoms with E-state index in [2.05, 4.69) is 9.72 Å². The lowest BCUT2D eigenvalue weighted by Crippen LogP contribution is -2.16. The lowest BCUT2D eigenvalue weighted by atomic mass is 10.1. The van der Waals surface area contributed by atoms with E-state index in [0.717, 1.165) is 18.2 Å². The number of aryl methyl sites for hydroxylation is 1. The number of hydrogen-bond acceptors (Lipinski definition) is 1. The minimum atomic E-state index is -4.76. The molecule has 1 aromatic heterocycles. The summed E-state index contributed by atoms with van der Waals surface area (Å²) in [5.41, 5.74) is 1.79. The molecule has 0 aliphatic carbocycles. The molecule has 0 saturated carbocycles. The first-order valence-corrected chi connectivity index (χ1v) is 6.58. The van der Waals surface area contributed by atoms with Gasteiger partial charge < -0.3 is 9.72 Å². The van der Waals surface area contributed by atoms with Gasteiger partial charge in [0, 0.05) is 17.1 Å². The first-order chi connectivity index (χ1) is 10.7. The Morgan fingerprint density at radius 3 is 2.26 bits per heavy atom. The van der Waals surface area contributed by atoms with Crippen LogP contribution in [-0.4, -0.2) is 11.3 Å². The molecule has 0 saturated heterocycles. The van der Waals surface area contributed by atoms with E-state index in [0.29, 0.717) is 22.2 Å². The molecule has 3 rings (SSSR count). The number of benzene rings is 2. The van der Waals surface area contributed by atoms with Crippen molar-refractivity contribution in [2.75, 3.05) is 0 Å². The monoisotopic (exact) mass is 327 g/mol. The van der Waals surface area contributed by atoms with Crippen LogP contribution in [0.4, 0.5) is 22.0 Å². The van der Waals surface area contributed by atoms with Crippen molar-refractivity contribution in [2.45, 2.75) is 13.3 Å². The molecule has 0 amide bonds. The zero-order valence-electron chi connectivity index (χ0n) is 11.8. The third kappa shape index (κ3) is 2.99. The second-order valence-corrected chi connectivity index (χ2v) is 5.01. The zero-order chi connectivity index (χ0) is 16.8. The molecule has 7 heteroatoms. The zero-order valence-corrected chi connectivity index (χ0v) is 11.8. The molecule has 2 aromatic carbocycles. The average molecular weight is 327 g/mol. The van der Waals surface area contributed by atoms with Crippen molar-refractivity contribution >= 4 is 10.9 Å². The Morgan fingerprint density at radius 1 is 1.00 bits per heavy atom. The fourth-order valence-corrected chi connectivity index (χ4v) is 2.46. The summed E-state index contributed by atoms with van der Waals surface area (Å²) in [6.07, 6.45) is -4.76. The minimum absolute atomic E-state index is 0.148. The molecular weight excluding hydrogens is 317 g/mol. The number of aromatic amines is 1. The molecule has 3 aromatic rings. The number of aromatic nitrogens is 1. The summed E-state index contributed by atoms with van der Waals surface area (Å²) in [7, 11) is 0. The maximum Gasteiger partial charge on any atom is 0.573 e. The molecule has 0 bridgehead atoms. The van der Waals surface area contributed by atoms with Gasteiger partial charge in [0.15, 0.2) is 0 Å². The number of nitrogens with one attached hydrogen (secondary N) is 1. The SMILES string of the molecule is Cc1c(-c2ccc(OC(F)(F)F)cc2)[nH]c2c(F)cc(F)cc12. The van der Waals surface area contributed by atoms with E-state index in [4.69, 9.17) is 0 Å². The lowest BCUT2D eigenvalue weighted by Gasteiger charge is -2.09. The van der Waals surface area contributed by atoms with Crippen molar-refractivity contribution in [1.82, 2.24) is 4.98 Å². The van der Waals surface area contributed by atoms with E-state index in [1.165, 1.54) is 18.2 Å². The van der Waals surface area contributed by atoms with Gasteiger partial charge in [0.25, 0.3) is 0 Å². The molecule has 0 radical (unpaired) electrons. The van der Waals surface area contributed by atoms with Crippen molar-refractivity contribution < 1.29 is 26.7 Å². The van der Waals surface area contributed by atoms with E-state index < -0.39 is 18.0 Å². The molecule has 0 aliphatic heterocycles. The molecule has 1 N–H and O–H groups in total. The number of fused-ring (bicyclic) bond motifs is 1. The van der Waals surface area contributed by atoms with E-state index in [1.807, 2.05) is 0 Å². The maximum absolute atomic E-state index is 13.8. The largest absolute Gasteiger partial charge is 0.573 e. The van der Waals surface area contributed by atoms with Crippen LogP contribution in [0, 0.1) is 18.6 Å². The Bertz CT molecular complexity index is 865. The molecule has 0 unspecified atom stereocenters. The van der Waals surface area contributed by atoms with Gasteiger partial charge in [-0.25, -0.2) is 8.78 Å². The molecule has 0 atom stereocenters. The normalized spacial score (nSPS) is 11.9. The van der Waals surface area contributed by atoms with Gasteiger partial charge in [0.2, 0.25) is 0 Å². The highest BCUT2D eigenvalue weighted by molar-refractivity contribution is 5.90. The van der Waals surface area contributed by atoms with Crippen molar-refractivity contribution in [3.8, 4) is 17.0 Å². The highest BCUT2D eigenvalue weighted by atomic mass is 19.4. The van der Waals surface area contributed by atoms with Crippen LogP contribution in [0.2, 0.25) is 0 Å². The van der Waals surface area contributed by atoms with Crippen molar-refractivity contribution in [1.29, 1.82) is 0 Å². The number of ether oxygens (including phenoxy) is 1. The summed E-state index contributed by atoms with van der Waals surface area (Å²) in [5, 5.41) is 0.383. The summed E-state index contributed by atoms with van der Waals surface area (Å²) in [5.74, 6) is -1.78. The molecule has 1 heterocycles. The highest BCUT2D eigenvalue weighted by Gasteiger charge is 2.31. The quantitative estimate of drug-likeness (QED) is 0.633. The van der Waals surface area contributed by atoms with Crippen LogP contribution < -0.4 is 4.74 Å². The van der Waals surface area contributed by atoms with Crippen molar-refractivity contribution in [3.05, 3.63) is 53.6 Å². The molecule has 23 heavy (non-hydrogen) atoms. The van der Waals surface area contributed by atoms with Gasteiger partial charge in [-0.15, -0.1) is 13.2 Å². The topological polar surface area (TPSA) is 25.0 Å². The third-order valence-corrected chi connectivity index (χ3v) is 3.46. The summed E-state index contributed by atoms with van der Waals surface area (Å²) < 4.78 is 67.3. The van der Waals surface area contributed by atoms with Crippen LogP contribution in [-0.2, 0) is 0 Å². The molecular formula is C16H10F5NO. The lowest BCUT2D eigenvalue weighted by molar-refractivity contribution is -0.274. The van der Waals surface area contributed by atoms with E-state index in [-0.39, 0.29) is 11.3 Å². The van der Waals surface area contributed by atoms with Gasteiger partial charge in [-0.05, 0) is 48.4 Å². The standard InChI is InChI=1S/C16H10F5NO/c1-8-12-6-10(17)7-13(18)15(12)22-14(8)9-2-4-11(5-3-9)23-16(19,20)21/h2-7,22H,1H3. The van der Waals surface area contributed by atoms with E-state index in [1.54, 1.807) is 6.92 Å². The number of H-pyrrole nitrogens is 1. The number of rotatable bonds is 2. The molecule has 0 aliphatic rings. The van der Waals surface area contributed by atoms with Crippen LogP contribution in [0.5, 0.6) is 5.75 Å². The highest BCUT2D eigenvalue weighted by Crippen LogP contribution is 2.33. The fourth-order valence-electron chi connectivity index (χ4n) is 2.46. The minimum Gasteiger partial charge on any atom is -0.406 e. The summed E-state index contributed by atoms with van der Waals surface area (Å²) in [6.45, 7) is 1.67. The molecule has 0 fully saturated rings. The predicted octanol–water partition coefficient (Wildman–Crippen LogP) is 5.32. The third-order valence-electron chi connectivity index (χ3n) is 3.46. The first kappa shape index (κ1) is 15.3. The Kier molecular flexibility index (Phi) is 3.50. The van der Waals surface area contributed by atoms with Gasteiger partial charge in [0.1, 0.15) is 17.4 Å². The Balaban J connectivity index is 2.03. The van der Waals surface area contributed by atoms with E-state index in [9.17, 15) is 22.0 Å². The van der Waals surface area contributed by atoms with Crippen LogP contribution in [0.3, 0.4) is 0 Å². The Morgan fingerprint density at radius 2 is 1.65 bits per heavy atom. The van der Waals surface area contributed by atoms with Crippen LogP contribution in [0.1, 0.15) is 5.56 Å². The van der Waals surface area contributed by atoms with Gasteiger partial charge in [-0.3, -0.25) is 0 Å². The predicted molar refractivity (Wildman–Crippen MR) is 75.1 cm³/mol. The Labute approximate surface area is 127 Å². The van der Waals surface area contributed by atoms with Crippen molar-refractivity contribution in [2.24, 2.45) is 0 Å². The summed E-state index contributed by atoms with van der Waals surface area (Å²) >= 11 is 0. The van der Waals surface area contributed by atoms with Gasteiger partial charge in [0.05, 0.1) is 5.52 Å². The van der Waals surface area contributed by atoms with Crippen LogP contribution in [0.15, 0.2) is 36.4 Å². The second kappa shape index (κ2) is 5.26. The van der Waals surface area contributed by atoms with Gasteiger partial charge in [-0.1, -0.05) is 0 Å². The molecule has 2 nitrogen and oxygen atoms in total. The molecule has 0 spiro atoms. The van der Waals surface area contributed by atoms with Crippen LogP contribution in [0.25, 0.3) is 22.2 Å². The second-order valence-electron chi connectivity index (χ2n) is 5.01. The maximum atomic E-state index is 13.8. The molecule has 120 valence electrons. The number of halogens is 5. The van der Waals surface area contributed by atoms with E-state index >= 15 is 0 Å². The first-order valence-electron chi connectivity index (χ1n) is 6.58. The Hall–Kier alpha value is -2.57. The number of hydrogen-bond donors (Lipinski definition) is 1. The van der Waals surface area contributed by atoms with Gasteiger partial charge in [-0.2, -0.15) is 0 Å². The average Bonchev–Trinajstić information content (AvgIpc) is 2.76. The smallest absolute Gasteiger partial charge is 0.406 e. The number of alkyl halides is 3.